The van der Waals surface area contributed by atoms with E-state index in [9.17, 15) is 0 Å². The van der Waals surface area contributed by atoms with E-state index in [0.29, 0.717) is 5.92 Å². The third kappa shape index (κ3) is 5.74. The van der Waals surface area contributed by atoms with Gasteiger partial charge in [0, 0.05) is 17.3 Å². The molecule has 23 heavy (non-hydrogen) atoms. The molecule has 0 spiro atoms. The summed E-state index contributed by atoms with van der Waals surface area (Å²) in [5.74, 6) is 1.10. The second-order valence-corrected chi connectivity index (χ2v) is 5.00. The molecule has 0 aliphatic rings. The van der Waals surface area contributed by atoms with E-state index in [-0.39, 0.29) is 0 Å². The highest BCUT2D eigenvalue weighted by Crippen LogP contribution is 2.36. The summed E-state index contributed by atoms with van der Waals surface area (Å²) >= 11 is 0. The molecule has 0 aromatic carbocycles. The molecule has 0 atom stereocenters. The number of nitrogens with one attached hydrogen (secondary N) is 1. The predicted molar refractivity (Wildman–Crippen MR) is 107 cm³/mol. The summed E-state index contributed by atoms with van der Waals surface area (Å²) in [5, 5.41) is 0. The van der Waals surface area contributed by atoms with Crippen molar-refractivity contribution in [1.29, 1.82) is 0 Å². The molecule has 0 saturated carbocycles. The largest absolute Gasteiger partial charge is 0.346 e. The fourth-order valence-electron chi connectivity index (χ4n) is 1.98. The van der Waals surface area contributed by atoms with Gasteiger partial charge in [0.15, 0.2) is 0 Å². The number of aromatic nitrogens is 1. The van der Waals surface area contributed by atoms with Crippen LogP contribution in [0.3, 0.4) is 0 Å². The van der Waals surface area contributed by atoms with Crippen molar-refractivity contribution in [1.82, 2.24) is 4.98 Å². The van der Waals surface area contributed by atoms with E-state index in [0.717, 1.165) is 28.1 Å². The molecule has 1 heterocycles. The van der Waals surface area contributed by atoms with Gasteiger partial charge in [0.2, 0.25) is 0 Å². The van der Waals surface area contributed by atoms with Crippen LogP contribution in [0.2, 0.25) is 0 Å². The fourth-order valence-corrected chi connectivity index (χ4v) is 1.98. The van der Waals surface area contributed by atoms with E-state index < -0.39 is 0 Å². The molecule has 0 radical (unpaired) electrons. The maximum absolute atomic E-state index is 4.19. The standard InChI is InChI=1S/C19H24N2.C2H6/c1-7-9-10-11-12-16(8-2)17-13-21-19(20-6)18(17)15(5)14(3)4;1-2/h7-14,21H,2,5-6H2,1,3-4H3;1-2H3/b9-7+,11-10-,16-12+;. The van der Waals surface area contributed by atoms with Gasteiger partial charge in [-0.3, -0.25) is 0 Å². The van der Waals surface area contributed by atoms with Crippen LogP contribution in [-0.2, 0) is 0 Å². The fraction of sp³-hybridized carbons (Fsp3) is 0.286. The molecule has 0 bridgehead atoms. The van der Waals surface area contributed by atoms with Crippen molar-refractivity contribution in [2.24, 2.45) is 10.9 Å². The molecule has 0 amide bonds. The maximum atomic E-state index is 4.19. The molecule has 0 unspecified atom stereocenters. The highest BCUT2D eigenvalue weighted by molar-refractivity contribution is 5.88. The normalized spacial score (nSPS) is 11.7. The SMILES string of the molecule is C=C\C(=C/C=C\C=C\C)c1c[nH]c(N=C)c1C(=C)C(C)C.CC. The quantitative estimate of drug-likeness (QED) is 0.426. The first kappa shape index (κ1) is 20.6. The van der Waals surface area contributed by atoms with Crippen molar-refractivity contribution in [3.05, 3.63) is 66.9 Å². The third-order valence-corrected chi connectivity index (χ3v) is 3.26. The Bertz CT molecular complexity index is 608. The minimum Gasteiger partial charge on any atom is -0.346 e. The Morgan fingerprint density at radius 1 is 1.22 bits per heavy atom. The minimum atomic E-state index is 0.338. The van der Waals surface area contributed by atoms with Crippen LogP contribution in [0.15, 0.2) is 60.8 Å². The monoisotopic (exact) mass is 310 g/mol. The Balaban J connectivity index is 0.00000232. The van der Waals surface area contributed by atoms with Crippen LogP contribution < -0.4 is 0 Å². The van der Waals surface area contributed by atoms with Crippen molar-refractivity contribution in [2.45, 2.75) is 34.6 Å². The molecule has 0 saturated heterocycles. The van der Waals surface area contributed by atoms with Crippen LogP contribution in [0.5, 0.6) is 0 Å². The average Bonchev–Trinajstić information content (AvgIpc) is 2.99. The van der Waals surface area contributed by atoms with Gasteiger partial charge in [-0.25, -0.2) is 4.99 Å². The van der Waals surface area contributed by atoms with Crippen molar-refractivity contribution in [2.75, 3.05) is 0 Å². The highest BCUT2D eigenvalue weighted by Gasteiger charge is 2.17. The van der Waals surface area contributed by atoms with E-state index in [4.69, 9.17) is 0 Å². The van der Waals surface area contributed by atoms with Crippen molar-refractivity contribution in [3.63, 3.8) is 0 Å². The second kappa shape index (κ2) is 11.2. The molecule has 1 aromatic rings. The van der Waals surface area contributed by atoms with Gasteiger partial charge in [-0.05, 0) is 30.7 Å². The molecule has 0 aliphatic carbocycles. The van der Waals surface area contributed by atoms with Crippen molar-refractivity contribution < 1.29 is 0 Å². The van der Waals surface area contributed by atoms with Crippen molar-refractivity contribution >= 4 is 23.7 Å². The van der Waals surface area contributed by atoms with Gasteiger partial charge in [0.05, 0.1) is 0 Å². The van der Waals surface area contributed by atoms with Crippen LogP contribution in [0.25, 0.3) is 11.1 Å². The first-order valence-corrected chi connectivity index (χ1v) is 8.06. The molecule has 1 aromatic heterocycles. The molecule has 0 aliphatic heterocycles. The van der Waals surface area contributed by atoms with E-state index in [2.05, 4.69) is 43.7 Å². The summed E-state index contributed by atoms with van der Waals surface area (Å²) in [4.78, 5) is 7.22. The van der Waals surface area contributed by atoms with Gasteiger partial charge in [0.25, 0.3) is 0 Å². The van der Waals surface area contributed by atoms with E-state index in [1.165, 1.54) is 0 Å². The number of rotatable bonds is 7. The van der Waals surface area contributed by atoms with Crippen LogP contribution in [0.1, 0.15) is 45.7 Å². The zero-order chi connectivity index (χ0) is 17.8. The molecule has 2 nitrogen and oxygen atoms in total. The van der Waals surface area contributed by atoms with Gasteiger partial charge < -0.3 is 4.98 Å². The summed E-state index contributed by atoms with van der Waals surface area (Å²) in [7, 11) is 0. The Hall–Kier alpha value is -2.35. The first-order chi connectivity index (χ1) is 11.1. The topological polar surface area (TPSA) is 28.1 Å². The minimum absolute atomic E-state index is 0.338. The zero-order valence-corrected chi connectivity index (χ0v) is 15.2. The lowest BCUT2D eigenvalue weighted by atomic mass is 9.92. The van der Waals surface area contributed by atoms with Gasteiger partial charge in [-0.1, -0.05) is 77.3 Å². The van der Waals surface area contributed by atoms with Gasteiger partial charge in [-0.15, -0.1) is 0 Å². The highest BCUT2D eigenvalue weighted by atomic mass is 14.9. The zero-order valence-electron chi connectivity index (χ0n) is 15.2. The maximum Gasteiger partial charge on any atom is 0.137 e. The number of hydrogen-bond donors (Lipinski definition) is 1. The number of aliphatic imine (C=N–C) groups is 1. The van der Waals surface area contributed by atoms with E-state index in [1.807, 2.05) is 63.4 Å². The number of aromatic amines is 1. The van der Waals surface area contributed by atoms with Crippen LogP contribution in [-0.4, -0.2) is 11.7 Å². The molecule has 0 fully saturated rings. The third-order valence-electron chi connectivity index (χ3n) is 3.26. The van der Waals surface area contributed by atoms with Crippen LogP contribution >= 0.6 is 0 Å². The lowest BCUT2D eigenvalue weighted by Crippen LogP contribution is -1.94. The summed E-state index contributed by atoms with van der Waals surface area (Å²) in [6.45, 7) is 22.0. The lowest BCUT2D eigenvalue weighted by Gasteiger charge is -2.12. The summed E-state index contributed by atoms with van der Waals surface area (Å²) in [6, 6.07) is 0. The van der Waals surface area contributed by atoms with E-state index in [1.54, 1.807) is 0 Å². The van der Waals surface area contributed by atoms with Crippen LogP contribution in [0, 0.1) is 5.92 Å². The van der Waals surface area contributed by atoms with Gasteiger partial charge in [-0.2, -0.15) is 0 Å². The number of hydrogen-bond acceptors (Lipinski definition) is 1. The Labute approximate surface area is 141 Å². The van der Waals surface area contributed by atoms with Crippen LogP contribution in [0.4, 0.5) is 5.82 Å². The van der Waals surface area contributed by atoms with E-state index >= 15 is 0 Å². The number of nitrogens with zero attached hydrogens (tertiary/aromatic N) is 1. The first-order valence-electron chi connectivity index (χ1n) is 8.06. The summed E-state index contributed by atoms with van der Waals surface area (Å²) < 4.78 is 0. The molecular weight excluding hydrogens is 280 g/mol. The predicted octanol–water partition coefficient (Wildman–Crippen LogP) is 6.74. The smallest absolute Gasteiger partial charge is 0.137 e. The molecule has 1 N–H and O–H groups in total. The summed E-state index contributed by atoms with van der Waals surface area (Å²) in [6.07, 6.45) is 13.8. The lowest BCUT2D eigenvalue weighted by molar-refractivity contribution is 0.858. The Morgan fingerprint density at radius 2 is 1.87 bits per heavy atom. The molecule has 2 heteroatoms. The Kier molecular flexibility index (Phi) is 10.1. The number of allylic oxidation sites excluding steroid dienone is 8. The van der Waals surface area contributed by atoms with Gasteiger partial charge >= 0.3 is 0 Å². The second-order valence-electron chi connectivity index (χ2n) is 5.00. The molecule has 124 valence electrons. The van der Waals surface area contributed by atoms with Crippen molar-refractivity contribution in [3.8, 4) is 0 Å². The average molecular weight is 310 g/mol. The summed E-state index contributed by atoms with van der Waals surface area (Å²) in [5.41, 5.74) is 4.14. The number of H-pyrrole nitrogens is 1. The molecule has 1 rings (SSSR count). The molecular formula is C21H30N2. The van der Waals surface area contributed by atoms with Gasteiger partial charge in [0.1, 0.15) is 5.82 Å². The Morgan fingerprint density at radius 3 is 2.35 bits per heavy atom.